The SMILES string of the molecule is O=C(NC1CCCCC1CBr)C1CCCCCC1. The average Bonchev–Trinajstić information content (AvgIpc) is 2.68. The summed E-state index contributed by atoms with van der Waals surface area (Å²) in [4.78, 5) is 12.4. The summed E-state index contributed by atoms with van der Waals surface area (Å²) in [7, 11) is 0. The van der Waals surface area contributed by atoms with Crippen LogP contribution in [-0.2, 0) is 4.79 Å². The van der Waals surface area contributed by atoms with Crippen LogP contribution in [0.2, 0.25) is 0 Å². The Labute approximate surface area is 119 Å². The van der Waals surface area contributed by atoms with E-state index in [4.69, 9.17) is 0 Å². The monoisotopic (exact) mass is 315 g/mol. The summed E-state index contributed by atoms with van der Waals surface area (Å²) in [5.74, 6) is 1.29. The lowest BCUT2D eigenvalue weighted by atomic mass is 9.85. The van der Waals surface area contributed by atoms with Gasteiger partial charge < -0.3 is 5.32 Å². The summed E-state index contributed by atoms with van der Waals surface area (Å²) in [6.07, 6.45) is 12.4. The molecular weight excluding hydrogens is 290 g/mol. The van der Waals surface area contributed by atoms with Crippen LogP contribution in [0.15, 0.2) is 0 Å². The van der Waals surface area contributed by atoms with Crippen molar-refractivity contribution in [1.82, 2.24) is 5.32 Å². The minimum absolute atomic E-state index is 0.297. The maximum atomic E-state index is 12.4. The molecule has 2 fully saturated rings. The third-order valence-corrected chi connectivity index (χ3v) is 5.49. The third kappa shape index (κ3) is 3.97. The molecular formula is C15H26BrNO. The molecule has 2 aliphatic carbocycles. The predicted octanol–water partition coefficient (Wildman–Crippen LogP) is 4.03. The van der Waals surface area contributed by atoms with E-state index in [0.29, 0.717) is 23.8 Å². The van der Waals surface area contributed by atoms with E-state index >= 15 is 0 Å². The molecule has 0 aromatic carbocycles. The van der Waals surface area contributed by atoms with Gasteiger partial charge in [-0.1, -0.05) is 54.5 Å². The first kappa shape index (κ1) is 14.4. The number of rotatable bonds is 3. The molecule has 2 saturated carbocycles. The molecule has 1 amide bonds. The summed E-state index contributed by atoms with van der Waals surface area (Å²) in [5, 5.41) is 4.38. The van der Waals surface area contributed by atoms with E-state index in [1.165, 1.54) is 51.4 Å². The lowest BCUT2D eigenvalue weighted by molar-refractivity contribution is -0.126. The summed E-state index contributed by atoms with van der Waals surface area (Å²) in [6.45, 7) is 0. The molecule has 2 nitrogen and oxygen atoms in total. The number of hydrogen-bond acceptors (Lipinski definition) is 1. The van der Waals surface area contributed by atoms with E-state index in [1.54, 1.807) is 0 Å². The van der Waals surface area contributed by atoms with Crippen LogP contribution >= 0.6 is 15.9 Å². The van der Waals surface area contributed by atoms with Gasteiger partial charge in [0, 0.05) is 17.3 Å². The fourth-order valence-electron chi connectivity index (χ4n) is 3.42. The van der Waals surface area contributed by atoms with Crippen LogP contribution in [-0.4, -0.2) is 17.3 Å². The molecule has 0 saturated heterocycles. The number of carbonyl (C=O) groups excluding carboxylic acids is 1. The van der Waals surface area contributed by atoms with Crippen LogP contribution in [0.1, 0.15) is 64.2 Å². The number of alkyl halides is 1. The van der Waals surface area contributed by atoms with Gasteiger partial charge in [-0.3, -0.25) is 4.79 Å². The molecule has 0 aromatic heterocycles. The van der Waals surface area contributed by atoms with Crippen molar-refractivity contribution in [1.29, 1.82) is 0 Å². The normalized spacial score (nSPS) is 30.7. The molecule has 2 aliphatic rings. The van der Waals surface area contributed by atoms with Gasteiger partial charge in [-0.05, 0) is 31.6 Å². The van der Waals surface area contributed by atoms with Gasteiger partial charge >= 0.3 is 0 Å². The molecule has 0 bridgehead atoms. The van der Waals surface area contributed by atoms with Gasteiger partial charge in [0.25, 0.3) is 0 Å². The van der Waals surface area contributed by atoms with E-state index in [0.717, 1.165) is 18.2 Å². The first-order valence-electron chi connectivity index (χ1n) is 7.67. The Balaban J connectivity index is 1.84. The maximum Gasteiger partial charge on any atom is 0.223 e. The van der Waals surface area contributed by atoms with Gasteiger partial charge in [0.15, 0.2) is 0 Å². The smallest absolute Gasteiger partial charge is 0.223 e. The van der Waals surface area contributed by atoms with E-state index in [1.807, 2.05) is 0 Å². The zero-order chi connectivity index (χ0) is 12.8. The summed E-state index contributed by atoms with van der Waals surface area (Å²) in [5.41, 5.74) is 0. The van der Waals surface area contributed by atoms with Crippen molar-refractivity contribution in [3.8, 4) is 0 Å². The second kappa shape index (κ2) is 7.52. The molecule has 0 heterocycles. The number of carbonyl (C=O) groups is 1. The lowest BCUT2D eigenvalue weighted by Crippen LogP contribution is -2.45. The van der Waals surface area contributed by atoms with Crippen LogP contribution in [0, 0.1) is 11.8 Å². The molecule has 2 atom stereocenters. The summed E-state index contributed by atoms with van der Waals surface area (Å²) in [6, 6.07) is 0.425. The second-order valence-electron chi connectivity index (χ2n) is 6.00. The van der Waals surface area contributed by atoms with E-state index < -0.39 is 0 Å². The zero-order valence-corrected chi connectivity index (χ0v) is 12.9. The Morgan fingerprint density at radius 1 is 0.944 bits per heavy atom. The van der Waals surface area contributed by atoms with Crippen LogP contribution in [0.25, 0.3) is 0 Å². The molecule has 1 N–H and O–H groups in total. The molecule has 0 aliphatic heterocycles. The molecule has 0 radical (unpaired) electrons. The predicted molar refractivity (Wildman–Crippen MR) is 78.9 cm³/mol. The van der Waals surface area contributed by atoms with Crippen molar-refractivity contribution in [3.05, 3.63) is 0 Å². The number of halogens is 1. The highest BCUT2D eigenvalue weighted by atomic mass is 79.9. The van der Waals surface area contributed by atoms with Crippen LogP contribution < -0.4 is 5.32 Å². The van der Waals surface area contributed by atoms with Gasteiger partial charge in [0.05, 0.1) is 0 Å². The van der Waals surface area contributed by atoms with Crippen molar-refractivity contribution >= 4 is 21.8 Å². The minimum atomic E-state index is 0.297. The summed E-state index contributed by atoms with van der Waals surface area (Å²) >= 11 is 3.60. The Kier molecular flexibility index (Phi) is 6.00. The Hall–Kier alpha value is -0.0500. The van der Waals surface area contributed by atoms with E-state index in [2.05, 4.69) is 21.2 Å². The van der Waals surface area contributed by atoms with E-state index in [9.17, 15) is 4.79 Å². The highest BCUT2D eigenvalue weighted by Crippen LogP contribution is 2.28. The largest absolute Gasteiger partial charge is 0.353 e. The van der Waals surface area contributed by atoms with Crippen LogP contribution in [0.3, 0.4) is 0 Å². The molecule has 3 heteroatoms. The van der Waals surface area contributed by atoms with Crippen LogP contribution in [0.4, 0.5) is 0 Å². The second-order valence-corrected chi connectivity index (χ2v) is 6.65. The number of nitrogens with one attached hydrogen (secondary N) is 1. The highest BCUT2D eigenvalue weighted by molar-refractivity contribution is 9.09. The zero-order valence-electron chi connectivity index (χ0n) is 11.3. The van der Waals surface area contributed by atoms with Crippen LogP contribution in [0.5, 0.6) is 0 Å². The fourth-order valence-corrected chi connectivity index (χ4v) is 4.20. The van der Waals surface area contributed by atoms with Crippen molar-refractivity contribution in [2.45, 2.75) is 70.3 Å². The number of hydrogen-bond donors (Lipinski definition) is 1. The van der Waals surface area contributed by atoms with Crippen molar-refractivity contribution in [2.75, 3.05) is 5.33 Å². The first-order chi connectivity index (χ1) is 8.81. The Morgan fingerprint density at radius 2 is 1.56 bits per heavy atom. The van der Waals surface area contributed by atoms with Gasteiger partial charge in [-0.2, -0.15) is 0 Å². The minimum Gasteiger partial charge on any atom is -0.353 e. The van der Waals surface area contributed by atoms with Gasteiger partial charge in [0.2, 0.25) is 5.91 Å². The van der Waals surface area contributed by atoms with E-state index in [-0.39, 0.29) is 0 Å². The van der Waals surface area contributed by atoms with Gasteiger partial charge in [0.1, 0.15) is 0 Å². The molecule has 0 aromatic rings. The Morgan fingerprint density at radius 3 is 2.22 bits per heavy atom. The molecule has 2 unspecified atom stereocenters. The number of amides is 1. The fraction of sp³-hybridized carbons (Fsp3) is 0.933. The summed E-state index contributed by atoms with van der Waals surface area (Å²) < 4.78 is 0. The molecule has 104 valence electrons. The first-order valence-corrected chi connectivity index (χ1v) is 8.79. The average molecular weight is 316 g/mol. The molecule has 2 rings (SSSR count). The molecule has 0 spiro atoms. The molecule has 18 heavy (non-hydrogen) atoms. The highest BCUT2D eigenvalue weighted by Gasteiger charge is 2.28. The Bertz CT molecular complexity index is 261. The van der Waals surface area contributed by atoms with Crippen molar-refractivity contribution in [3.63, 3.8) is 0 Å². The quantitative estimate of drug-likeness (QED) is 0.618. The van der Waals surface area contributed by atoms with Gasteiger partial charge in [-0.15, -0.1) is 0 Å². The van der Waals surface area contributed by atoms with Crippen molar-refractivity contribution < 1.29 is 4.79 Å². The maximum absolute atomic E-state index is 12.4. The van der Waals surface area contributed by atoms with Crippen molar-refractivity contribution in [2.24, 2.45) is 11.8 Å². The lowest BCUT2D eigenvalue weighted by Gasteiger charge is -2.32. The third-order valence-electron chi connectivity index (χ3n) is 4.66. The van der Waals surface area contributed by atoms with Gasteiger partial charge in [-0.25, -0.2) is 0 Å². The topological polar surface area (TPSA) is 29.1 Å². The standard InChI is InChI=1S/C15H26BrNO/c16-11-13-9-5-6-10-14(13)17-15(18)12-7-3-1-2-4-8-12/h12-14H,1-11H2,(H,17,18).